The maximum absolute atomic E-state index is 5.85. The van der Waals surface area contributed by atoms with Crippen LogP contribution in [0.1, 0.15) is 5.89 Å². The monoisotopic (exact) mass is 302 g/mol. The van der Waals surface area contributed by atoms with Crippen molar-refractivity contribution in [3.63, 3.8) is 0 Å². The Morgan fingerprint density at radius 2 is 1.70 bits per heavy atom. The van der Waals surface area contributed by atoms with Gasteiger partial charge >= 0.3 is 0 Å². The molecule has 23 heavy (non-hydrogen) atoms. The number of hydrogen-bond donors (Lipinski definition) is 0. The Morgan fingerprint density at radius 3 is 2.52 bits per heavy atom. The lowest BCUT2D eigenvalue weighted by atomic mass is 10.2. The number of oxazole rings is 1. The first-order valence-corrected chi connectivity index (χ1v) is 7.32. The lowest BCUT2D eigenvalue weighted by Crippen LogP contribution is -2.03. The van der Waals surface area contributed by atoms with Crippen molar-refractivity contribution in [3.05, 3.63) is 79.2 Å². The minimum atomic E-state index is 0.484. The van der Waals surface area contributed by atoms with Crippen molar-refractivity contribution in [3.8, 4) is 22.6 Å². The molecule has 0 N–H and O–H groups in total. The maximum Gasteiger partial charge on any atom is 0.216 e. The summed E-state index contributed by atoms with van der Waals surface area (Å²) in [6, 6.07) is 15.8. The highest BCUT2D eigenvalue weighted by Gasteiger charge is 2.10. The molecule has 0 aliphatic heterocycles. The van der Waals surface area contributed by atoms with Gasteiger partial charge in [0.1, 0.15) is 6.54 Å². The van der Waals surface area contributed by atoms with E-state index in [1.54, 1.807) is 24.8 Å². The van der Waals surface area contributed by atoms with Crippen LogP contribution in [-0.2, 0) is 6.54 Å². The van der Waals surface area contributed by atoms with Gasteiger partial charge in [0.2, 0.25) is 5.89 Å². The van der Waals surface area contributed by atoms with Crippen LogP contribution in [0.3, 0.4) is 0 Å². The molecular weight excluding hydrogens is 288 g/mol. The fourth-order valence-corrected chi connectivity index (χ4v) is 2.47. The zero-order valence-corrected chi connectivity index (χ0v) is 12.3. The molecule has 0 aliphatic rings. The Kier molecular flexibility index (Phi) is 3.44. The zero-order valence-electron chi connectivity index (χ0n) is 12.3. The summed E-state index contributed by atoms with van der Waals surface area (Å²) in [6.45, 7) is 0.484. The van der Waals surface area contributed by atoms with Gasteiger partial charge < -0.3 is 4.42 Å². The second-order valence-corrected chi connectivity index (χ2v) is 5.09. The van der Waals surface area contributed by atoms with Gasteiger partial charge in [-0.3, -0.25) is 9.67 Å². The van der Waals surface area contributed by atoms with Crippen LogP contribution in [0.4, 0.5) is 0 Å². The van der Waals surface area contributed by atoms with Crippen molar-refractivity contribution in [2.75, 3.05) is 0 Å². The number of hydrogen-bond acceptors (Lipinski definition) is 4. The summed E-state index contributed by atoms with van der Waals surface area (Å²) in [5.74, 6) is 1.39. The molecule has 0 radical (unpaired) electrons. The normalized spacial score (nSPS) is 10.8. The molecule has 0 bridgehead atoms. The molecular formula is C18H14N4O. The van der Waals surface area contributed by atoms with Crippen LogP contribution in [0.5, 0.6) is 0 Å². The molecule has 0 spiro atoms. The molecule has 4 aromatic rings. The average molecular weight is 302 g/mol. The van der Waals surface area contributed by atoms with Crippen LogP contribution in [0.2, 0.25) is 0 Å². The van der Waals surface area contributed by atoms with E-state index in [1.807, 2.05) is 53.2 Å². The van der Waals surface area contributed by atoms with Crippen molar-refractivity contribution in [2.45, 2.75) is 6.54 Å². The topological polar surface area (TPSA) is 56.7 Å². The first-order valence-electron chi connectivity index (χ1n) is 7.32. The summed E-state index contributed by atoms with van der Waals surface area (Å²) in [5, 5.41) is 4.37. The van der Waals surface area contributed by atoms with Crippen molar-refractivity contribution >= 4 is 0 Å². The van der Waals surface area contributed by atoms with Crippen LogP contribution in [0.15, 0.2) is 77.7 Å². The van der Waals surface area contributed by atoms with E-state index in [9.17, 15) is 0 Å². The molecule has 0 atom stereocenters. The number of nitrogens with zero attached hydrogens (tertiary/aromatic N) is 4. The van der Waals surface area contributed by atoms with Crippen LogP contribution < -0.4 is 0 Å². The van der Waals surface area contributed by atoms with Crippen molar-refractivity contribution in [1.29, 1.82) is 0 Å². The van der Waals surface area contributed by atoms with Crippen LogP contribution >= 0.6 is 0 Å². The molecule has 0 aliphatic carbocycles. The second kappa shape index (κ2) is 5.88. The highest BCUT2D eigenvalue weighted by Crippen LogP contribution is 2.22. The third kappa shape index (κ3) is 2.76. The minimum Gasteiger partial charge on any atom is -0.439 e. The highest BCUT2D eigenvalue weighted by atomic mass is 16.4. The third-order valence-electron chi connectivity index (χ3n) is 3.59. The Labute approximate surface area is 133 Å². The van der Waals surface area contributed by atoms with Gasteiger partial charge in [0.05, 0.1) is 11.9 Å². The summed E-state index contributed by atoms with van der Waals surface area (Å²) >= 11 is 0. The molecule has 0 saturated heterocycles. The smallest absolute Gasteiger partial charge is 0.216 e. The predicted molar refractivity (Wildman–Crippen MR) is 86.5 cm³/mol. The van der Waals surface area contributed by atoms with E-state index >= 15 is 0 Å². The van der Waals surface area contributed by atoms with E-state index in [0.717, 1.165) is 22.6 Å². The second-order valence-electron chi connectivity index (χ2n) is 5.09. The SMILES string of the molecule is c1ccc(-c2cnc(Cn3nccc3-c3ccncc3)o2)cc1. The quantitative estimate of drug-likeness (QED) is 0.577. The fraction of sp³-hybridized carbons (Fsp3) is 0.0556. The molecule has 1 aromatic carbocycles. The summed E-state index contributed by atoms with van der Waals surface area (Å²) in [6.07, 6.45) is 7.06. The van der Waals surface area contributed by atoms with Crippen molar-refractivity contribution < 1.29 is 4.42 Å². The van der Waals surface area contributed by atoms with Gasteiger partial charge in [0.25, 0.3) is 0 Å². The largest absolute Gasteiger partial charge is 0.439 e. The summed E-state index contributed by atoms with van der Waals surface area (Å²) in [4.78, 5) is 8.41. The van der Waals surface area contributed by atoms with Crippen LogP contribution in [-0.4, -0.2) is 19.7 Å². The van der Waals surface area contributed by atoms with Crippen molar-refractivity contribution in [1.82, 2.24) is 19.7 Å². The van der Waals surface area contributed by atoms with Crippen LogP contribution in [0, 0.1) is 0 Å². The molecule has 0 fully saturated rings. The standard InChI is InChI=1S/C18H14N4O/c1-2-4-15(5-3-1)17-12-20-18(23-17)13-22-16(8-11-21-22)14-6-9-19-10-7-14/h1-12H,13H2. The van der Waals surface area contributed by atoms with Gasteiger partial charge in [-0.2, -0.15) is 5.10 Å². The van der Waals surface area contributed by atoms with Gasteiger partial charge in [0.15, 0.2) is 5.76 Å². The molecule has 3 heterocycles. The summed E-state index contributed by atoms with van der Waals surface area (Å²) in [5.41, 5.74) is 3.08. The Balaban J connectivity index is 1.61. The van der Waals surface area contributed by atoms with E-state index in [2.05, 4.69) is 15.1 Å². The van der Waals surface area contributed by atoms with Gasteiger partial charge in [-0.15, -0.1) is 0 Å². The first-order chi connectivity index (χ1) is 11.4. The van der Waals surface area contributed by atoms with E-state index < -0.39 is 0 Å². The third-order valence-corrected chi connectivity index (χ3v) is 3.59. The minimum absolute atomic E-state index is 0.484. The number of pyridine rings is 1. The van der Waals surface area contributed by atoms with Crippen molar-refractivity contribution in [2.24, 2.45) is 0 Å². The predicted octanol–water partition coefficient (Wildman–Crippen LogP) is 3.65. The van der Waals surface area contributed by atoms with E-state index in [4.69, 9.17) is 4.42 Å². The Morgan fingerprint density at radius 1 is 0.870 bits per heavy atom. The number of aromatic nitrogens is 4. The average Bonchev–Trinajstić information content (AvgIpc) is 3.26. The highest BCUT2D eigenvalue weighted by molar-refractivity contribution is 5.58. The molecule has 5 heteroatoms. The maximum atomic E-state index is 5.85. The number of rotatable bonds is 4. The molecule has 0 saturated carbocycles. The Bertz CT molecular complexity index is 897. The van der Waals surface area contributed by atoms with E-state index in [1.165, 1.54) is 0 Å². The fourth-order valence-electron chi connectivity index (χ4n) is 2.47. The van der Waals surface area contributed by atoms with E-state index in [0.29, 0.717) is 12.4 Å². The zero-order chi connectivity index (χ0) is 15.5. The number of benzene rings is 1. The molecule has 112 valence electrons. The Hall–Kier alpha value is -3.21. The molecule has 3 aromatic heterocycles. The molecule has 0 unspecified atom stereocenters. The lowest BCUT2D eigenvalue weighted by Gasteiger charge is -2.05. The van der Waals surface area contributed by atoms with E-state index in [-0.39, 0.29) is 0 Å². The van der Waals surface area contributed by atoms with Gasteiger partial charge in [-0.1, -0.05) is 30.3 Å². The van der Waals surface area contributed by atoms with Gasteiger partial charge in [0, 0.05) is 29.7 Å². The molecule has 4 rings (SSSR count). The summed E-state index contributed by atoms with van der Waals surface area (Å²) in [7, 11) is 0. The van der Waals surface area contributed by atoms with Gasteiger partial charge in [-0.25, -0.2) is 4.98 Å². The molecule has 5 nitrogen and oxygen atoms in total. The first kappa shape index (κ1) is 13.5. The lowest BCUT2D eigenvalue weighted by molar-refractivity contribution is 0.476. The summed E-state index contributed by atoms with van der Waals surface area (Å²) < 4.78 is 7.72. The van der Waals surface area contributed by atoms with Crippen LogP contribution in [0.25, 0.3) is 22.6 Å². The van der Waals surface area contributed by atoms with Gasteiger partial charge in [-0.05, 0) is 18.2 Å². The molecule has 0 amide bonds.